The second-order valence-electron chi connectivity index (χ2n) is 6.81. The van der Waals surface area contributed by atoms with Gasteiger partial charge in [0, 0.05) is 18.3 Å². The summed E-state index contributed by atoms with van der Waals surface area (Å²) in [5, 5.41) is 11.5. The fraction of sp³-hybridized carbons (Fsp3) is 0.500. The zero-order valence-corrected chi connectivity index (χ0v) is 15.3. The monoisotopic (exact) mass is 375 g/mol. The maximum Gasteiger partial charge on any atom is 0.228 e. The minimum absolute atomic E-state index is 0.0153. The number of nitriles is 1. The van der Waals surface area contributed by atoms with E-state index in [0.29, 0.717) is 30.6 Å². The van der Waals surface area contributed by atoms with Crippen molar-refractivity contribution in [2.75, 3.05) is 23.4 Å². The summed E-state index contributed by atoms with van der Waals surface area (Å²) in [4.78, 5) is 26.7. The molecule has 1 heterocycles. The van der Waals surface area contributed by atoms with E-state index in [1.54, 1.807) is 29.2 Å². The highest BCUT2D eigenvalue weighted by atomic mass is 32.2. The molecule has 0 bridgehead atoms. The van der Waals surface area contributed by atoms with Gasteiger partial charge >= 0.3 is 0 Å². The highest BCUT2D eigenvalue weighted by Gasteiger charge is 2.50. The first-order valence-electron chi connectivity index (χ1n) is 8.66. The molecule has 0 aromatic heterocycles. The number of nitrogens with one attached hydrogen (secondary N) is 1. The molecule has 3 atom stereocenters. The Kier molecular flexibility index (Phi) is 5.01. The lowest BCUT2D eigenvalue weighted by Crippen LogP contribution is -2.42. The van der Waals surface area contributed by atoms with Crippen molar-refractivity contribution in [3.63, 3.8) is 0 Å². The molecule has 1 saturated carbocycles. The van der Waals surface area contributed by atoms with Crippen LogP contribution in [-0.2, 0) is 19.4 Å². The number of carbonyl (C=O) groups excluding carboxylic acids is 2. The molecule has 1 aromatic carbocycles. The summed E-state index contributed by atoms with van der Waals surface area (Å²) < 4.78 is 23.3. The van der Waals surface area contributed by atoms with Gasteiger partial charge in [-0.05, 0) is 44.0 Å². The fourth-order valence-electron chi connectivity index (χ4n) is 3.45. The van der Waals surface area contributed by atoms with Crippen LogP contribution in [0.5, 0.6) is 0 Å². The SMILES string of the molecule is CCN(C(=O)C1CC1C(=O)Nc1ccc(C#N)cc1)C1CCS(=O)(=O)C1. The Bertz CT molecular complexity index is 857. The Hall–Kier alpha value is -2.40. The number of sulfone groups is 1. The summed E-state index contributed by atoms with van der Waals surface area (Å²) in [7, 11) is -3.06. The van der Waals surface area contributed by atoms with Crippen molar-refractivity contribution >= 4 is 27.3 Å². The Morgan fingerprint density at radius 2 is 1.96 bits per heavy atom. The lowest BCUT2D eigenvalue weighted by molar-refractivity contribution is -0.135. The van der Waals surface area contributed by atoms with Crippen molar-refractivity contribution in [2.24, 2.45) is 11.8 Å². The van der Waals surface area contributed by atoms with Gasteiger partial charge in [-0.1, -0.05) is 0 Å². The van der Waals surface area contributed by atoms with Crippen molar-refractivity contribution in [2.45, 2.75) is 25.8 Å². The van der Waals surface area contributed by atoms with Crippen LogP contribution in [0.15, 0.2) is 24.3 Å². The lowest BCUT2D eigenvalue weighted by Gasteiger charge is -2.27. The van der Waals surface area contributed by atoms with E-state index in [1.807, 2.05) is 13.0 Å². The molecule has 2 aliphatic rings. The molecule has 2 amide bonds. The van der Waals surface area contributed by atoms with Crippen molar-refractivity contribution < 1.29 is 18.0 Å². The molecule has 1 saturated heterocycles. The molecular weight excluding hydrogens is 354 g/mol. The number of nitrogens with zero attached hydrogens (tertiary/aromatic N) is 2. The van der Waals surface area contributed by atoms with Crippen LogP contribution in [0.25, 0.3) is 0 Å². The summed E-state index contributed by atoms with van der Waals surface area (Å²) in [5.74, 6) is -0.976. The van der Waals surface area contributed by atoms with Gasteiger partial charge in [0.25, 0.3) is 0 Å². The van der Waals surface area contributed by atoms with Gasteiger partial charge in [0.15, 0.2) is 9.84 Å². The van der Waals surface area contributed by atoms with Crippen LogP contribution in [-0.4, -0.2) is 49.2 Å². The molecule has 3 unspecified atom stereocenters. The largest absolute Gasteiger partial charge is 0.339 e. The van der Waals surface area contributed by atoms with Gasteiger partial charge in [0.1, 0.15) is 0 Å². The third-order valence-corrected chi connectivity index (χ3v) is 6.75. The van der Waals surface area contributed by atoms with E-state index in [2.05, 4.69) is 5.32 Å². The van der Waals surface area contributed by atoms with E-state index in [9.17, 15) is 18.0 Å². The van der Waals surface area contributed by atoms with E-state index in [0.717, 1.165) is 0 Å². The average Bonchev–Trinajstić information content (AvgIpc) is 3.34. The minimum Gasteiger partial charge on any atom is -0.339 e. The zero-order valence-electron chi connectivity index (χ0n) is 14.5. The van der Waals surface area contributed by atoms with Crippen molar-refractivity contribution in [3.8, 4) is 6.07 Å². The second-order valence-corrected chi connectivity index (χ2v) is 9.04. The molecule has 1 aliphatic heterocycles. The lowest BCUT2D eigenvalue weighted by atomic mass is 10.1. The molecule has 0 radical (unpaired) electrons. The summed E-state index contributed by atoms with van der Waals surface area (Å²) in [5.41, 5.74) is 1.09. The first kappa shape index (κ1) is 18.4. The van der Waals surface area contributed by atoms with Gasteiger partial charge in [-0.2, -0.15) is 5.26 Å². The van der Waals surface area contributed by atoms with Gasteiger partial charge in [-0.25, -0.2) is 8.42 Å². The topological polar surface area (TPSA) is 107 Å². The van der Waals surface area contributed by atoms with Gasteiger partial charge in [0.2, 0.25) is 11.8 Å². The smallest absolute Gasteiger partial charge is 0.228 e. The molecule has 1 N–H and O–H groups in total. The van der Waals surface area contributed by atoms with Gasteiger partial charge < -0.3 is 10.2 Å². The third-order valence-electron chi connectivity index (χ3n) is 5.00. The molecule has 138 valence electrons. The second kappa shape index (κ2) is 7.08. The summed E-state index contributed by atoms with van der Waals surface area (Å²) >= 11 is 0. The first-order valence-corrected chi connectivity index (χ1v) is 10.5. The minimum atomic E-state index is -3.06. The molecule has 8 heteroatoms. The van der Waals surface area contributed by atoms with E-state index in [1.165, 1.54) is 0 Å². The van der Waals surface area contributed by atoms with Gasteiger partial charge in [-0.3, -0.25) is 9.59 Å². The molecule has 3 rings (SSSR count). The molecule has 7 nitrogen and oxygen atoms in total. The molecule has 26 heavy (non-hydrogen) atoms. The number of hydrogen-bond donors (Lipinski definition) is 1. The van der Waals surface area contributed by atoms with Crippen LogP contribution < -0.4 is 5.32 Å². The number of carbonyl (C=O) groups is 2. The van der Waals surface area contributed by atoms with E-state index < -0.39 is 9.84 Å². The molecule has 1 aromatic rings. The fourth-order valence-corrected chi connectivity index (χ4v) is 5.18. The van der Waals surface area contributed by atoms with Crippen molar-refractivity contribution in [1.82, 2.24) is 4.90 Å². The highest BCUT2D eigenvalue weighted by Crippen LogP contribution is 2.41. The Balaban J connectivity index is 1.58. The summed E-state index contributed by atoms with van der Waals surface area (Å²) in [6, 6.07) is 8.26. The van der Waals surface area contributed by atoms with Crippen LogP contribution >= 0.6 is 0 Å². The predicted molar refractivity (Wildman–Crippen MR) is 95.8 cm³/mol. The number of hydrogen-bond acceptors (Lipinski definition) is 5. The van der Waals surface area contributed by atoms with Crippen LogP contribution in [0.2, 0.25) is 0 Å². The Morgan fingerprint density at radius 3 is 2.50 bits per heavy atom. The Labute approximate surface area is 152 Å². The maximum atomic E-state index is 12.7. The normalized spacial score (nSPS) is 25.9. The summed E-state index contributed by atoms with van der Waals surface area (Å²) in [6.45, 7) is 2.27. The molecular formula is C18H21N3O4S. The summed E-state index contributed by atoms with van der Waals surface area (Å²) in [6.07, 6.45) is 0.952. The van der Waals surface area contributed by atoms with Gasteiger partial charge in [0.05, 0.1) is 35.0 Å². The number of amides is 2. The van der Waals surface area contributed by atoms with E-state index in [4.69, 9.17) is 5.26 Å². The number of benzene rings is 1. The molecule has 2 fully saturated rings. The van der Waals surface area contributed by atoms with Crippen LogP contribution in [0, 0.1) is 23.2 Å². The predicted octanol–water partition coefficient (Wildman–Crippen LogP) is 1.17. The number of rotatable bonds is 5. The van der Waals surface area contributed by atoms with Crippen molar-refractivity contribution in [3.05, 3.63) is 29.8 Å². The number of anilines is 1. The molecule has 0 spiro atoms. The third kappa shape index (κ3) is 3.88. The maximum absolute atomic E-state index is 12.7. The van der Waals surface area contributed by atoms with Gasteiger partial charge in [-0.15, -0.1) is 0 Å². The standard InChI is InChI=1S/C18H21N3O4S/c1-2-21(14-7-8-26(24,25)11-14)18(23)16-9-15(16)17(22)20-13-5-3-12(10-19)4-6-13/h3-6,14-16H,2,7-9,11H2,1H3,(H,20,22). The van der Waals surface area contributed by atoms with E-state index in [-0.39, 0.29) is 41.2 Å². The quantitative estimate of drug-likeness (QED) is 0.831. The Morgan fingerprint density at radius 1 is 1.27 bits per heavy atom. The van der Waals surface area contributed by atoms with Crippen LogP contribution in [0.4, 0.5) is 5.69 Å². The zero-order chi connectivity index (χ0) is 18.9. The van der Waals surface area contributed by atoms with Crippen LogP contribution in [0.3, 0.4) is 0 Å². The first-order chi connectivity index (χ1) is 12.3. The highest BCUT2D eigenvalue weighted by molar-refractivity contribution is 7.91. The van der Waals surface area contributed by atoms with Crippen LogP contribution in [0.1, 0.15) is 25.3 Å². The average molecular weight is 375 g/mol. The van der Waals surface area contributed by atoms with Crippen molar-refractivity contribution in [1.29, 1.82) is 5.26 Å². The van der Waals surface area contributed by atoms with E-state index >= 15 is 0 Å². The molecule has 1 aliphatic carbocycles.